The molecule has 0 aromatic heterocycles. The van der Waals surface area contributed by atoms with E-state index in [1.54, 1.807) is 20.0 Å². The smallest absolute Gasteiger partial charge is 0.197 e. The zero-order chi connectivity index (χ0) is 97.7. The molecule has 14 saturated carbocycles. The van der Waals surface area contributed by atoms with Crippen LogP contribution in [0.4, 0.5) is 0 Å². The lowest BCUT2D eigenvalue weighted by atomic mass is 9.50. The van der Waals surface area contributed by atoms with Crippen molar-refractivity contribution in [2.75, 3.05) is 46.9 Å². The number of hydrogen-bond donors (Lipinski definition) is 0. The summed E-state index contributed by atoms with van der Waals surface area (Å²) in [6, 6.07) is 63.5. The predicted octanol–water partition coefficient (Wildman–Crippen LogP) is 31.8. The molecule has 0 amide bonds. The number of allylic oxidation sites excluding steroid dienone is 5. The maximum Gasteiger partial charge on any atom is 0.197 e. The molecular weight excluding hydrogens is 1730 g/mol. The Balaban J connectivity index is 0.000000128. The van der Waals surface area contributed by atoms with E-state index in [9.17, 15) is 0 Å². The van der Waals surface area contributed by atoms with Crippen LogP contribution in [-0.2, 0) is 34.8 Å². The van der Waals surface area contributed by atoms with Crippen LogP contribution in [0, 0.1) is 100 Å². The van der Waals surface area contributed by atoms with Crippen molar-refractivity contribution in [1.29, 1.82) is 0 Å². The van der Waals surface area contributed by atoms with E-state index in [-0.39, 0.29) is 37.1 Å². The van der Waals surface area contributed by atoms with E-state index in [4.69, 9.17) is 66.3 Å². The first kappa shape index (κ1) is 104. The third-order valence-corrected chi connectivity index (χ3v) is 32.4. The Hall–Kier alpha value is -9.64. The first-order valence-corrected chi connectivity index (χ1v) is 52.8. The van der Waals surface area contributed by atoms with Gasteiger partial charge in [0.25, 0.3) is 0 Å². The molecule has 0 aliphatic heterocycles. The first-order chi connectivity index (χ1) is 67.1. The van der Waals surface area contributed by atoms with Crippen LogP contribution in [0.1, 0.15) is 263 Å². The molecule has 746 valence electrons. The van der Waals surface area contributed by atoms with Crippen LogP contribution in [0.15, 0.2) is 234 Å². The van der Waals surface area contributed by atoms with Crippen LogP contribution in [0.5, 0.6) is 51.7 Å². The third kappa shape index (κ3) is 29.1. The minimum Gasteiger partial charge on any atom is -0.491 e. The molecule has 0 N–H and O–H groups in total. The average Bonchev–Trinajstić information content (AvgIpc) is 1.55. The molecule has 14 nitrogen and oxygen atoms in total. The van der Waals surface area contributed by atoms with Crippen molar-refractivity contribution in [1.82, 2.24) is 0 Å². The minimum absolute atomic E-state index is 0.103. The van der Waals surface area contributed by atoms with Crippen molar-refractivity contribution in [3.05, 3.63) is 273 Å². The van der Waals surface area contributed by atoms with Gasteiger partial charge in [0.05, 0.1) is 32.0 Å². The summed E-state index contributed by atoms with van der Waals surface area (Å²) in [6.45, 7) is 49.3. The molecule has 22 rings (SSSR count). The summed E-state index contributed by atoms with van der Waals surface area (Å²) in [5.41, 5.74) is 13.9. The van der Waals surface area contributed by atoms with Gasteiger partial charge >= 0.3 is 0 Å². The topological polar surface area (TPSA) is 129 Å². The number of fused-ring (bicyclic) bond motifs is 11. The fraction of sp³-hybridized carbons (Fsp3) is 0.520. The van der Waals surface area contributed by atoms with Crippen LogP contribution in [-0.4, -0.2) is 84.0 Å². The third-order valence-electron chi connectivity index (χ3n) is 32.4. The maximum absolute atomic E-state index is 6.49. The van der Waals surface area contributed by atoms with E-state index < -0.39 is 0 Å². The van der Waals surface area contributed by atoms with Gasteiger partial charge in [-0.15, -0.1) is 0 Å². The molecule has 139 heavy (non-hydrogen) atoms. The molecule has 15 unspecified atom stereocenters. The quantitative estimate of drug-likeness (QED) is 0.0205. The number of methoxy groups -OCH3 is 1. The molecule has 14 aliphatic carbocycles. The Kier molecular flexibility index (Phi) is 36.8. The normalized spacial score (nSPS) is 27.5. The number of ether oxygens (including phenoxy) is 14. The fourth-order valence-corrected chi connectivity index (χ4v) is 26.9. The highest BCUT2D eigenvalue weighted by Crippen LogP contribution is 2.69. The second kappa shape index (κ2) is 49.4. The molecule has 8 aromatic rings. The molecule has 8 aromatic carbocycles. The highest BCUT2D eigenvalue weighted by atomic mass is 16.7. The first-order valence-electron chi connectivity index (χ1n) is 52.8. The van der Waals surface area contributed by atoms with E-state index in [0.29, 0.717) is 25.4 Å². The van der Waals surface area contributed by atoms with Gasteiger partial charge < -0.3 is 66.3 Å². The van der Waals surface area contributed by atoms with E-state index in [0.717, 1.165) is 234 Å². The zero-order valence-electron chi connectivity index (χ0n) is 85.8. The number of aryl methyl sites for hydroxylation is 1. The van der Waals surface area contributed by atoms with Crippen molar-refractivity contribution in [2.45, 2.75) is 267 Å². The van der Waals surface area contributed by atoms with Gasteiger partial charge in [-0.3, -0.25) is 0 Å². The number of rotatable bonds is 40. The van der Waals surface area contributed by atoms with Crippen molar-refractivity contribution >= 4 is 33.9 Å². The summed E-state index contributed by atoms with van der Waals surface area (Å²) >= 11 is 0. The molecule has 14 aliphatic rings. The van der Waals surface area contributed by atoms with Crippen molar-refractivity contribution in [2.24, 2.45) is 100 Å². The second-order valence-electron chi connectivity index (χ2n) is 43.4. The van der Waals surface area contributed by atoms with Crippen LogP contribution in [0.25, 0.3) is 33.9 Å². The minimum atomic E-state index is -0.365. The predicted molar refractivity (Wildman–Crippen MR) is 565 cm³/mol. The van der Waals surface area contributed by atoms with E-state index in [1.807, 2.05) is 227 Å². The SMILES string of the molecule is C=C(C)c1ccc(OC(C)OC23CC4CC(CC(C4)C2)C3)cc1.C=C(C)c1ccc(OC(C)OCC23CC4CC(CC(C4)C2)C3)cc1.C=C(C)c1ccc(OC(C)OCCC2CC3CC2C2C4CCC(C4)C32)cc1.C=C(C)c1ccc(OC(C)OCCC2CC3CCC2C3)cc1.C=C(C)c1ccc(OC(C)OCCOc2ccc(Oc3ccccc3)cc2)cc1.C=Cc1ccc(OCOC)c(CC)c1. The molecule has 0 saturated heterocycles. The number of hydrogen-bond acceptors (Lipinski definition) is 14. The molecular formula is C125H162O14. The monoisotopic (exact) mass is 1890 g/mol. The van der Waals surface area contributed by atoms with Crippen LogP contribution >= 0.6 is 0 Å². The van der Waals surface area contributed by atoms with E-state index >= 15 is 0 Å². The Bertz CT molecular complexity index is 5160. The standard InChI is InChI=1S/C25H26O4.C25H34O2.C22H30O2.C21H28O2.C20H28O2.C12H16O2/c1-19(2)21-9-11-24(12-10-21)28-20(3)26-17-18-27-22-13-15-25(16-14-22)29-23-7-5-4-6-8-23;1-15(2)17-6-8-22(9-7-17)27-16(3)26-11-10-18-12-21-14-23(18)25-20-5-4-19(13-20)24(21)25;1-15(2)20-4-6-21(7-5-20)24-16(3)23-14-22-11-17-8-18(12-22)10-19(9-17)13-22;1-14(2)19-4-6-20(7-5-19)22-15(3)23-21-11-16-8-17(12-21)10-18(9-16)13-21;1-14(2)17-6-8-20(9-7-17)22-15(3)21-11-10-19-13-16-4-5-18(19)12-16;1-4-10-6-7-12(14-9-13-3)11(5-2)8-10/h4-16,20H,1,17-18H2,2-3H3;6-9,16,18-21,23-25H,1,4-5,10-14H2,2-3H3;4-7,16-19H,1,8-14H2,2-3H3;4-7,15-18H,1,8-13H2,2-3H3;6-9,15-16,18-19H,1,4-5,10-13H2,2-3H3;4,6-8H,1,5,9H2,2-3H3. The van der Waals surface area contributed by atoms with Gasteiger partial charge in [-0.25, -0.2) is 0 Å². The van der Waals surface area contributed by atoms with Crippen molar-refractivity contribution in [3.63, 3.8) is 0 Å². The Morgan fingerprint density at radius 2 is 0.763 bits per heavy atom. The Morgan fingerprint density at radius 1 is 0.360 bits per heavy atom. The fourth-order valence-electron chi connectivity index (χ4n) is 26.9. The highest BCUT2D eigenvalue weighted by Gasteiger charge is 2.62. The average molecular weight is 1890 g/mol. The summed E-state index contributed by atoms with van der Waals surface area (Å²) in [6.07, 6.45) is 34.3. The summed E-state index contributed by atoms with van der Waals surface area (Å²) in [4.78, 5) is 0. The maximum atomic E-state index is 6.49. The summed E-state index contributed by atoms with van der Waals surface area (Å²) < 4.78 is 81.5. The second-order valence-corrected chi connectivity index (χ2v) is 43.4. The molecule has 0 spiro atoms. The highest BCUT2D eigenvalue weighted by molar-refractivity contribution is 5.65. The molecule has 0 heterocycles. The Labute approximate surface area is 833 Å². The largest absolute Gasteiger partial charge is 0.491 e. The Morgan fingerprint density at radius 3 is 1.19 bits per heavy atom. The van der Waals surface area contributed by atoms with Gasteiger partial charge in [-0.1, -0.05) is 172 Å². The van der Waals surface area contributed by atoms with Crippen LogP contribution < -0.4 is 37.9 Å². The molecule has 14 fully saturated rings. The van der Waals surface area contributed by atoms with Crippen molar-refractivity contribution < 1.29 is 66.3 Å². The van der Waals surface area contributed by atoms with Crippen LogP contribution in [0.2, 0.25) is 0 Å². The van der Waals surface area contributed by atoms with Gasteiger partial charge in [0, 0.05) is 7.11 Å². The van der Waals surface area contributed by atoms with E-state index in [1.165, 1.54) is 140 Å². The van der Waals surface area contributed by atoms with Gasteiger partial charge in [0.15, 0.2) is 38.2 Å². The van der Waals surface area contributed by atoms with Gasteiger partial charge in [-0.05, 0) is 465 Å². The summed E-state index contributed by atoms with van der Waals surface area (Å²) in [7, 11) is 1.61. The number of benzene rings is 8. The summed E-state index contributed by atoms with van der Waals surface area (Å²) in [5.74, 6) is 23.4. The molecule has 14 bridgehead atoms. The van der Waals surface area contributed by atoms with Gasteiger partial charge in [0.1, 0.15) is 58.4 Å². The lowest BCUT2D eigenvalue weighted by Gasteiger charge is -2.56. The lowest BCUT2D eigenvalue weighted by molar-refractivity contribution is -0.225. The van der Waals surface area contributed by atoms with Crippen LogP contribution in [0.3, 0.4) is 0 Å². The van der Waals surface area contributed by atoms with Gasteiger partial charge in [-0.2, -0.15) is 0 Å². The van der Waals surface area contributed by atoms with Gasteiger partial charge in [0.2, 0.25) is 0 Å². The summed E-state index contributed by atoms with van der Waals surface area (Å²) in [5, 5.41) is 0. The zero-order valence-corrected chi connectivity index (χ0v) is 85.8. The van der Waals surface area contributed by atoms with E-state index in [2.05, 4.69) is 88.9 Å². The molecule has 14 heteroatoms. The lowest BCUT2D eigenvalue weighted by Crippen LogP contribution is -2.53. The van der Waals surface area contributed by atoms with Crippen molar-refractivity contribution in [3.8, 4) is 51.7 Å². The molecule has 0 radical (unpaired) electrons. The molecule has 15 atom stereocenters. The number of para-hydroxylation sites is 1.